The maximum absolute atomic E-state index is 12.5. The molecule has 0 amide bonds. The van der Waals surface area contributed by atoms with Crippen LogP contribution in [0.15, 0.2) is 53.6 Å². The molecular formula is C14H13NO4S. The highest BCUT2D eigenvalue weighted by Gasteiger charge is 2.18. The fourth-order valence-corrected chi connectivity index (χ4v) is 3.04. The topological polar surface area (TPSA) is 76.4 Å². The van der Waals surface area contributed by atoms with Crippen molar-refractivity contribution in [2.24, 2.45) is 0 Å². The Morgan fingerprint density at radius 1 is 1.20 bits per heavy atom. The van der Waals surface area contributed by atoms with Crippen molar-refractivity contribution < 1.29 is 18.3 Å². The summed E-state index contributed by atoms with van der Waals surface area (Å²) in [5.41, 5.74) is 1.25. The Hall–Kier alpha value is -2.34. The van der Waals surface area contributed by atoms with Gasteiger partial charge in [-0.2, -0.15) is 0 Å². The lowest BCUT2D eigenvalue weighted by atomic mass is 10.2. The molecule has 6 heteroatoms. The van der Waals surface area contributed by atoms with Crippen LogP contribution in [0.4, 0.5) is 0 Å². The lowest BCUT2D eigenvalue weighted by molar-refractivity contribution is -0.131. The maximum Gasteiger partial charge on any atom is 0.328 e. The van der Waals surface area contributed by atoms with Gasteiger partial charge in [-0.15, -0.1) is 0 Å². The van der Waals surface area contributed by atoms with Crippen molar-refractivity contribution in [2.45, 2.75) is 11.8 Å². The van der Waals surface area contributed by atoms with Gasteiger partial charge in [-0.3, -0.25) is 0 Å². The second kappa shape index (κ2) is 5.34. The van der Waals surface area contributed by atoms with E-state index in [2.05, 4.69) is 0 Å². The van der Waals surface area contributed by atoms with Crippen molar-refractivity contribution in [3.63, 3.8) is 0 Å². The normalized spacial score (nSPS) is 11.8. The summed E-state index contributed by atoms with van der Waals surface area (Å²) in [6.07, 6.45) is 3.53. The van der Waals surface area contributed by atoms with Gasteiger partial charge in [0.25, 0.3) is 10.0 Å². The molecule has 0 saturated carbocycles. The molecule has 0 aliphatic rings. The van der Waals surface area contributed by atoms with E-state index < -0.39 is 16.0 Å². The molecule has 5 nitrogen and oxygen atoms in total. The first-order valence-electron chi connectivity index (χ1n) is 5.82. The van der Waals surface area contributed by atoms with Crippen LogP contribution in [0.5, 0.6) is 0 Å². The number of rotatable bonds is 4. The molecule has 0 saturated heterocycles. The van der Waals surface area contributed by atoms with Crippen LogP contribution in [0.2, 0.25) is 0 Å². The van der Waals surface area contributed by atoms with Gasteiger partial charge in [0.1, 0.15) is 0 Å². The number of carboxylic acid groups (broad SMARTS) is 1. The number of aliphatic carboxylic acids is 1. The molecule has 0 unspecified atom stereocenters. The van der Waals surface area contributed by atoms with Crippen molar-refractivity contribution >= 4 is 22.1 Å². The summed E-state index contributed by atoms with van der Waals surface area (Å²) in [6.45, 7) is 1.87. The number of aromatic nitrogens is 1. The van der Waals surface area contributed by atoms with Crippen molar-refractivity contribution in [1.82, 2.24) is 3.97 Å². The van der Waals surface area contributed by atoms with Crippen molar-refractivity contribution in [1.29, 1.82) is 0 Å². The number of hydrogen-bond acceptors (Lipinski definition) is 3. The Labute approximate surface area is 116 Å². The van der Waals surface area contributed by atoms with Gasteiger partial charge in [-0.1, -0.05) is 17.7 Å². The van der Waals surface area contributed by atoms with E-state index in [9.17, 15) is 13.2 Å². The molecule has 0 atom stereocenters. The Morgan fingerprint density at radius 2 is 1.85 bits per heavy atom. The minimum atomic E-state index is -3.72. The summed E-state index contributed by atoms with van der Waals surface area (Å²) >= 11 is 0. The molecule has 2 aromatic rings. The maximum atomic E-state index is 12.5. The van der Waals surface area contributed by atoms with E-state index in [1.807, 2.05) is 6.92 Å². The number of carboxylic acids is 1. The molecule has 0 spiro atoms. The first-order valence-corrected chi connectivity index (χ1v) is 7.26. The number of carbonyl (C=O) groups is 1. The predicted octanol–water partition coefficient (Wildman–Crippen LogP) is 2.13. The van der Waals surface area contributed by atoms with E-state index in [0.29, 0.717) is 0 Å². The van der Waals surface area contributed by atoms with Gasteiger partial charge in [0.15, 0.2) is 0 Å². The predicted molar refractivity (Wildman–Crippen MR) is 74.9 cm³/mol. The standard InChI is InChI=1S/C14H13NO4S/c1-11-4-7-13(8-5-11)20(18,19)15-10-2-3-12(15)6-9-14(16)17/h2-10H,1H3,(H,16,17). The van der Waals surface area contributed by atoms with Crippen LogP contribution in [0.1, 0.15) is 11.3 Å². The lowest BCUT2D eigenvalue weighted by Gasteiger charge is -2.08. The van der Waals surface area contributed by atoms with E-state index in [4.69, 9.17) is 5.11 Å². The highest BCUT2D eigenvalue weighted by molar-refractivity contribution is 7.90. The molecular weight excluding hydrogens is 278 g/mol. The summed E-state index contributed by atoms with van der Waals surface area (Å²) in [4.78, 5) is 10.7. The van der Waals surface area contributed by atoms with E-state index in [0.717, 1.165) is 15.6 Å². The molecule has 1 N–H and O–H groups in total. The molecule has 0 bridgehead atoms. The van der Waals surface area contributed by atoms with Crippen LogP contribution in [-0.2, 0) is 14.8 Å². The Balaban J connectivity index is 2.48. The summed E-state index contributed by atoms with van der Waals surface area (Å²) in [6, 6.07) is 9.55. The molecule has 0 fully saturated rings. The minimum Gasteiger partial charge on any atom is -0.478 e. The zero-order valence-electron chi connectivity index (χ0n) is 10.7. The van der Waals surface area contributed by atoms with Gasteiger partial charge in [-0.25, -0.2) is 17.2 Å². The van der Waals surface area contributed by atoms with Gasteiger partial charge in [0, 0.05) is 12.3 Å². The highest BCUT2D eigenvalue weighted by atomic mass is 32.2. The number of hydrogen-bond donors (Lipinski definition) is 1. The minimum absolute atomic E-state index is 0.157. The molecule has 0 aliphatic carbocycles. The van der Waals surface area contributed by atoms with Gasteiger partial charge in [-0.05, 0) is 37.3 Å². The second-order valence-electron chi connectivity index (χ2n) is 4.22. The fourth-order valence-electron chi connectivity index (χ4n) is 1.71. The van der Waals surface area contributed by atoms with Crippen LogP contribution in [-0.4, -0.2) is 23.5 Å². The number of nitrogens with zero attached hydrogens (tertiary/aromatic N) is 1. The van der Waals surface area contributed by atoms with Gasteiger partial charge < -0.3 is 5.11 Å². The van der Waals surface area contributed by atoms with Crippen LogP contribution in [0.25, 0.3) is 6.08 Å². The summed E-state index contributed by atoms with van der Waals surface area (Å²) in [5, 5.41) is 8.61. The van der Waals surface area contributed by atoms with Crippen molar-refractivity contribution in [3.05, 3.63) is 59.9 Å². The molecule has 1 aromatic carbocycles. The van der Waals surface area contributed by atoms with E-state index >= 15 is 0 Å². The third kappa shape index (κ3) is 2.80. The third-order valence-corrected chi connectivity index (χ3v) is 4.44. The Morgan fingerprint density at radius 3 is 2.45 bits per heavy atom. The Kier molecular flexibility index (Phi) is 3.76. The van der Waals surface area contributed by atoms with Gasteiger partial charge in [0.2, 0.25) is 0 Å². The van der Waals surface area contributed by atoms with Gasteiger partial charge >= 0.3 is 5.97 Å². The monoisotopic (exact) mass is 291 g/mol. The molecule has 20 heavy (non-hydrogen) atoms. The lowest BCUT2D eigenvalue weighted by Crippen LogP contribution is -2.13. The van der Waals surface area contributed by atoms with Crippen LogP contribution in [0, 0.1) is 6.92 Å². The molecule has 1 aromatic heterocycles. The first kappa shape index (κ1) is 14.1. The van der Waals surface area contributed by atoms with E-state index in [-0.39, 0.29) is 10.6 Å². The zero-order valence-corrected chi connectivity index (χ0v) is 11.5. The molecule has 104 valence electrons. The molecule has 1 heterocycles. The van der Waals surface area contributed by atoms with Crippen LogP contribution in [0.3, 0.4) is 0 Å². The largest absolute Gasteiger partial charge is 0.478 e. The van der Waals surface area contributed by atoms with E-state index in [1.54, 1.807) is 18.2 Å². The average molecular weight is 291 g/mol. The van der Waals surface area contributed by atoms with Crippen molar-refractivity contribution in [2.75, 3.05) is 0 Å². The first-order chi connectivity index (χ1) is 9.41. The smallest absolute Gasteiger partial charge is 0.328 e. The quantitative estimate of drug-likeness (QED) is 0.875. The fraction of sp³-hybridized carbons (Fsp3) is 0.0714. The number of benzene rings is 1. The zero-order chi connectivity index (χ0) is 14.8. The van der Waals surface area contributed by atoms with E-state index in [1.165, 1.54) is 30.5 Å². The summed E-state index contributed by atoms with van der Waals surface area (Å²) in [7, 11) is -3.72. The van der Waals surface area contributed by atoms with Crippen molar-refractivity contribution in [3.8, 4) is 0 Å². The van der Waals surface area contributed by atoms with Crippen LogP contribution >= 0.6 is 0 Å². The van der Waals surface area contributed by atoms with Crippen LogP contribution < -0.4 is 0 Å². The summed E-state index contributed by atoms with van der Waals surface area (Å²) < 4.78 is 26.0. The highest BCUT2D eigenvalue weighted by Crippen LogP contribution is 2.18. The number of aryl methyl sites for hydroxylation is 1. The average Bonchev–Trinajstić information content (AvgIpc) is 2.86. The Bertz CT molecular complexity index is 755. The summed E-state index contributed by atoms with van der Waals surface area (Å²) in [5.74, 6) is -1.13. The van der Waals surface area contributed by atoms with Gasteiger partial charge in [0.05, 0.1) is 10.6 Å². The third-order valence-electron chi connectivity index (χ3n) is 2.72. The molecule has 2 rings (SSSR count). The molecule has 0 aliphatic heterocycles. The second-order valence-corrected chi connectivity index (χ2v) is 6.03. The SMILES string of the molecule is Cc1ccc(S(=O)(=O)n2cccc2C=CC(=O)O)cc1. The molecule has 0 radical (unpaired) electrons.